The van der Waals surface area contributed by atoms with E-state index >= 15 is 0 Å². The van der Waals surface area contributed by atoms with Crippen LogP contribution in [0.25, 0.3) is 0 Å². The first-order valence-corrected chi connectivity index (χ1v) is 15.5. The molecule has 1 saturated heterocycles. The van der Waals surface area contributed by atoms with Crippen molar-refractivity contribution in [2.45, 2.75) is 29.2 Å². The van der Waals surface area contributed by atoms with Gasteiger partial charge in [0, 0.05) is 16.0 Å². The van der Waals surface area contributed by atoms with Gasteiger partial charge < -0.3 is 9.72 Å². The van der Waals surface area contributed by atoms with Crippen molar-refractivity contribution in [1.82, 2.24) is 4.98 Å². The SMILES string of the molecule is O=C1C2C(C(=O)N1c1ccc(F)cc1)[C@@H]1C[C@H]2C2Sc3[nH]c(=O)sc3C(c3cccc(OCc4ccccc4)c3)C21. The van der Waals surface area contributed by atoms with Gasteiger partial charge in [0.05, 0.1) is 22.5 Å². The molecule has 41 heavy (non-hydrogen) atoms. The highest BCUT2D eigenvalue weighted by atomic mass is 32.2. The maximum absolute atomic E-state index is 13.8. The number of rotatable bonds is 5. The fourth-order valence-electron chi connectivity index (χ4n) is 7.77. The van der Waals surface area contributed by atoms with Crippen LogP contribution in [0.3, 0.4) is 0 Å². The average Bonchev–Trinajstić information content (AvgIpc) is 3.72. The van der Waals surface area contributed by atoms with E-state index < -0.39 is 11.7 Å². The van der Waals surface area contributed by atoms with Crippen molar-refractivity contribution in [1.29, 1.82) is 0 Å². The lowest BCUT2D eigenvalue weighted by molar-refractivity contribution is -0.123. The van der Waals surface area contributed by atoms with Gasteiger partial charge in [-0.15, -0.1) is 11.8 Å². The van der Waals surface area contributed by atoms with Crippen molar-refractivity contribution in [3.05, 3.63) is 110 Å². The minimum absolute atomic E-state index is 0.00800. The van der Waals surface area contributed by atoms with E-state index in [4.69, 9.17) is 4.74 Å². The Morgan fingerprint density at radius 1 is 0.902 bits per heavy atom. The summed E-state index contributed by atoms with van der Waals surface area (Å²) in [5.41, 5.74) is 2.56. The number of halogens is 1. The lowest BCUT2D eigenvalue weighted by Gasteiger charge is -2.43. The number of hydrogen-bond donors (Lipinski definition) is 1. The van der Waals surface area contributed by atoms with Gasteiger partial charge in [-0.1, -0.05) is 53.8 Å². The van der Waals surface area contributed by atoms with E-state index in [9.17, 15) is 18.8 Å². The zero-order chi connectivity index (χ0) is 27.8. The monoisotopic (exact) mass is 584 g/mol. The number of carbonyl (C=O) groups excluding carboxylic acids is 2. The molecule has 3 heterocycles. The topological polar surface area (TPSA) is 79.5 Å². The highest BCUT2D eigenvalue weighted by Gasteiger charge is 2.69. The maximum atomic E-state index is 13.8. The quantitative estimate of drug-likeness (QED) is 0.299. The summed E-state index contributed by atoms with van der Waals surface area (Å²) < 4.78 is 19.8. The molecular weight excluding hydrogens is 559 g/mol. The van der Waals surface area contributed by atoms with Crippen LogP contribution in [0.5, 0.6) is 5.75 Å². The molecule has 3 fully saturated rings. The molecule has 2 aliphatic heterocycles. The van der Waals surface area contributed by atoms with Gasteiger partial charge in [-0.3, -0.25) is 19.3 Å². The molecule has 2 amide bonds. The molecule has 3 aromatic carbocycles. The van der Waals surface area contributed by atoms with Crippen LogP contribution in [0, 0.1) is 35.4 Å². The molecule has 1 aromatic heterocycles. The van der Waals surface area contributed by atoms with Crippen LogP contribution >= 0.6 is 23.1 Å². The Bertz CT molecular complexity index is 1740. The van der Waals surface area contributed by atoms with Gasteiger partial charge in [0.1, 0.15) is 18.2 Å². The number of imide groups is 1. The number of aromatic amines is 1. The molecule has 6 nitrogen and oxygen atoms in total. The Kier molecular flexibility index (Phi) is 5.76. The van der Waals surface area contributed by atoms with Crippen molar-refractivity contribution >= 4 is 40.6 Å². The van der Waals surface area contributed by atoms with Gasteiger partial charge in [0.2, 0.25) is 11.8 Å². The minimum Gasteiger partial charge on any atom is -0.489 e. The summed E-state index contributed by atoms with van der Waals surface area (Å²) in [6.45, 7) is 0.448. The van der Waals surface area contributed by atoms with Crippen molar-refractivity contribution < 1.29 is 18.7 Å². The highest BCUT2D eigenvalue weighted by molar-refractivity contribution is 8.00. The zero-order valence-corrected chi connectivity index (χ0v) is 23.4. The van der Waals surface area contributed by atoms with Crippen LogP contribution in [0.4, 0.5) is 10.1 Å². The molecule has 0 spiro atoms. The first-order chi connectivity index (χ1) is 20.0. The molecule has 2 aliphatic carbocycles. The molecular formula is C32H25FN2O4S2. The van der Waals surface area contributed by atoms with Gasteiger partial charge in [-0.2, -0.15) is 0 Å². The molecule has 7 atom stereocenters. The summed E-state index contributed by atoms with van der Waals surface area (Å²) in [4.78, 5) is 45.4. The number of nitrogens with zero attached hydrogens (tertiary/aromatic N) is 1. The number of amides is 2. The van der Waals surface area contributed by atoms with E-state index in [1.807, 2.05) is 42.5 Å². The second-order valence-electron chi connectivity index (χ2n) is 11.3. The lowest BCUT2D eigenvalue weighted by Crippen LogP contribution is -2.42. The Balaban J connectivity index is 1.16. The first kappa shape index (κ1) is 25.1. The number of hydrogen-bond acceptors (Lipinski definition) is 6. The van der Waals surface area contributed by atoms with Crippen molar-refractivity contribution in [3.8, 4) is 5.75 Å². The number of ether oxygens (including phenoxy) is 1. The Morgan fingerprint density at radius 3 is 2.44 bits per heavy atom. The number of thioether (sulfide) groups is 1. The minimum atomic E-state index is -0.409. The summed E-state index contributed by atoms with van der Waals surface area (Å²) >= 11 is 2.91. The van der Waals surface area contributed by atoms with E-state index in [1.54, 1.807) is 11.8 Å². The molecule has 2 saturated carbocycles. The molecule has 8 rings (SSSR count). The molecule has 2 bridgehead atoms. The summed E-state index contributed by atoms with van der Waals surface area (Å²) in [6, 6.07) is 23.6. The van der Waals surface area contributed by atoms with Gasteiger partial charge in [0.15, 0.2) is 0 Å². The molecule has 4 aromatic rings. The first-order valence-electron chi connectivity index (χ1n) is 13.8. The van der Waals surface area contributed by atoms with Crippen LogP contribution in [0.2, 0.25) is 0 Å². The third kappa shape index (κ3) is 3.85. The van der Waals surface area contributed by atoms with Gasteiger partial charge >= 0.3 is 4.87 Å². The number of fused-ring (bicyclic) bond motifs is 9. The Labute approximate surface area is 243 Å². The molecule has 206 valence electrons. The standard InChI is InChI=1S/C32H25FN2O4S2/c33-18-9-11-19(12-10-18)35-30(36)25-21-14-22(26(25)31(35)37)27-24(21)23(28-29(40-27)34-32(38)41-28)17-7-4-8-20(13-17)39-15-16-5-2-1-3-6-16/h1-13,21-27H,14-15H2,(H,34,38)/t21-,22-,23?,24?,25?,26?,27?/m1/s1. The van der Waals surface area contributed by atoms with Crippen molar-refractivity contribution in [2.24, 2.45) is 29.6 Å². The largest absolute Gasteiger partial charge is 0.489 e. The number of thiazole rings is 1. The Hall–Kier alpha value is -3.69. The van der Waals surface area contributed by atoms with Crippen molar-refractivity contribution in [2.75, 3.05) is 4.90 Å². The highest BCUT2D eigenvalue weighted by Crippen LogP contribution is 2.68. The maximum Gasteiger partial charge on any atom is 0.305 e. The number of H-pyrrole nitrogens is 1. The van der Waals surface area contributed by atoms with E-state index in [-0.39, 0.29) is 51.5 Å². The van der Waals surface area contributed by atoms with E-state index in [2.05, 4.69) is 17.1 Å². The second kappa shape index (κ2) is 9.42. The van der Waals surface area contributed by atoms with Crippen molar-refractivity contribution in [3.63, 3.8) is 0 Å². The second-order valence-corrected chi connectivity index (χ2v) is 13.5. The van der Waals surface area contributed by atoms with Gasteiger partial charge in [0.25, 0.3) is 0 Å². The number of anilines is 1. The summed E-state index contributed by atoms with van der Waals surface area (Å²) in [5, 5.41) is 0.973. The smallest absolute Gasteiger partial charge is 0.305 e. The third-order valence-electron chi connectivity index (χ3n) is 9.27. The van der Waals surface area contributed by atoms with Crippen LogP contribution in [0.1, 0.15) is 28.3 Å². The fourth-order valence-corrected chi connectivity index (χ4v) is 10.7. The number of carbonyl (C=O) groups is 2. The van der Waals surface area contributed by atoms with Crippen LogP contribution < -0.4 is 14.5 Å². The number of nitrogens with one attached hydrogen (secondary N) is 1. The molecule has 9 heteroatoms. The third-order valence-corrected chi connectivity index (χ3v) is 11.9. The normalized spacial score (nSPS) is 29.4. The van der Waals surface area contributed by atoms with E-state index in [0.717, 1.165) is 33.2 Å². The fraction of sp³-hybridized carbons (Fsp3) is 0.281. The zero-order valence-electron chi connectivity index (χ0n) is 21.7. The summed E-state index contributed by atoms with van der Waals surface area (Å²) in [5.74, 6) is -0.776. The predicted octanol–water partition coefficient (Wildman–Crippen LogP) is 5.83. The molecule has 4 aliphatic rings. The number of benzene rings is 3. The van der Waals surface area contributed by atoms with Crippen LogP contribution in [-0.2, 0) is 16.2 Å². The number of aromatic nitrogens is 1. The average molecular weight is 585 g/mol. The summed E-state index contributed by atoms with van der Waals surface area (Å²) in [7, 11) is 0. The van der Waals surface area contributed by atoms with E-state index in [1.165, 1.54) is 40.5 Å². The van der Waals surface area contributed by atoms with Crippen LogP contribution in [0.15, 0.2) is 88.7 Å². The molecule has 5 unspecified atom stereocenters. The molecule has 0 radical (unpaired) electrons. The lowest BCUT2D eigenvalue weighted by atomic mass is 9.68. The van der Waals surface area contributed by atoms with Gasteiger partial charge in [-0.25, -0.2) is 4.39 Å². The van der Waals surface area contributed by atoms with Crippen LogP contribution in [-0.4, -0.2) is 22.0 Å². The van der Waals surface area contributed by atoms with Gasteiger partial charge in [-0.05, 0) is 71.7 Å². The van der Waals surface area contributed by atoms with E-state index in [0.29, 0.717) is 12.3 Å². The summed E-state index contributed by atoms with van der Waals surface area (Å²) in [6.07, 6.45) is 0.812. The molecule has 1 N–H and O–H groups in total. The Morgan fingerprint density at radius 2 is 1.66 bits per heavy atom. The predicted molar refractivity (Wildman–Crippen MR) is 155 cm³/mol.